The number of benzene rings is 1. The number of aromatic amines is 1. The van der Waals surface area contributed by atoms with Crippen LogP contribution in [0.2, 0.25) is 0 Å². The Morgan fingerprint density at radius 3 is 2.57 bits per heavy atom. The molecule has 0 bridgehead atoms. The molecule has 152 valence electrons. The second-order valence-corrected chi connectivity index (χ2v) is 7.02. The summed E-state index contributed by atoms with van der Waals surface area (Å²) in [7, 11) is 0. The quantitative estimate of drug-likeness (QED) is 0.622. The Kier molecular flexibility index (Phi) is 7.67. The third kappa shape index (κ3) is 6.11. The normalized spacial score (nSPS) is 12.4. The van der Waals surface area contributed by atoms with Crippen molar-refractivity contribution in [3.63, 3.8) is 0 Å². The first-order chi connectivity index (χ1) is 13.2. The van der Waals surface area contributed by atoms with Crippen LogP contribution in [0.4, 0.5) is 13.2 Å². The van der Waals surface area contributed by atoms with Gasteiger partial charge in [-0.25, -0.2) is 0 Å². The Bertz CT molecular complexity index is 869. The predicted molar refractivity (Wildman–Crippen MR) is 99.5 cm³/mol. The molecule has 0 saturated carbocycles. The zero-order valence-electron chi connectivity index (χ0n) is 15.3. The highest BCUT2D eigenvalue weighted by atomic mass is 32.2. The zero-order valence-corrected chi connectivity index (χ0v) is 16.1. The molecule has 6 nitrogen and oxygen atoms in total. The summed E-state index contributed by atoms with van der Waals surface area (Å²) in [4.78, 5) is 11.3. The molecule has 3 rings (SSSR count). The van der Waals surface area contributed by atoms with E-state index < -0.39 is 24.0 Å². The van der Waals surface area contributed by atoms with Crippen molar-refractivity contribution in [1.82, 2.24) is 15.0 Å². The molecule has 1 aromatic carbocycles. The summed E-state index contributed by atoms with van der Waals surface area (Å²) in [6.45, 7) is 2.13. The maximum absolute atomic E-state index is 12.5. The lowest BCUT2D eigenvalue weighted by molar-refractivity contribution is -0.153. The second-order valence-electron chi connectivity index (χ2n) is 5.65. The third-order valence-electron chi connectivity index (χ3n) is 3.50. The van der Waals surface area contributed by atoms with Crippen LogP contribution in [0.15, 0.2) is 41.7 Å². The topological polar surface area (TPSA) is 94.1 Å². The Hall–Kier alpha value is -2.30. The highest BCUT2D eigenvalue weighted by Gasteiger charge is 2.29. The number of imidazole rings is 1. The number of nitrogens with one attached hydrogen (secondary N) is 1. The standard InChI is InChI=1S/C16H14F3N3O2S.C2H6O/c1-10-13(20-7-6-14(10)24-9-16(17,18)19)8-25(23)15-21-11-4-2-3-5-12(11)22-15;1-2-3/h2-7H,8-9H2,1H3,(H,21,22);3H,2H2,1H3. The SMILES string of the molecule is CCO.Cc1c(OCC(F)(F)F)ccnc1C[S+]([O-])c1nc2ccccc2[nH]1. The molecule has 2 heterocycles. The number of alkyl halides is 3. The lowest BCUT2D eigenvalue weighted by atomic mass is 10.2. The Labute approximate surface area is 163 Å². The number of pyridine rings is 1. The first-order valence-corrected chi connectivity index (χ1v) is 9.65. The highest BCUT2D eigenvalue weighted by molar-refractivity contribution is 7.90. The van der Waals surface area contributed by atoms with Gasteiger partial charge in [0.05, 0.1) is 16.7 Å². The van der Waals surface area contributed by atoms with Gasteiger partial charge in [-0.2, -0.15) is 18.2 Å². The smallest absolute Gasteiger partial charge is 0.422 e. The van der Waals surface area contributed by atoms with E-state index in [0.717, 1.165) is 5.52 Å². The van der Waals surface area contributed by atoms with Gasteiger partial charge in [0.25, 0.3) is 0 Å². The van der Waals surface area contributed by atoms with Crippen LogP contribution < -0.4 is 4.74 Å². The van der Waals surface area contributed by atoms with Crippen LogP contribution >= 0.6 is 0 Å². The second kappa shape index (κ2) is 9.76. The molecule has 0 spiro atoms. The van der Waals surface area contributed by atoms with E-state index in [1.54, 1.807) is 19.9 Å². The molecule has 0 aliphatic carbocycles. The minimum Gasteiger partial charge on any atom is -0.609 e. The van der Waals surface area contributed by atoms with Crippen LogP contribution in [0.3, 0.4) is 0 Å². The van der Waals surface area contributed by atoms with E-state index >= 15 is 0 Å². The average Bonchev–Trinajstić information content (AvgIpc) is 3.07. The molecule has 2 aromatic heterocycles. The fraction of sp³-hybridized carbons (Fsp3) is 0.333. The summed E-state index contributed by atoms with van der Waals surface area (Å²) in [5.74, 6) is 0.0958. The van der Waals surface area contributed by atoms with Crippen LogP contribution in [-0.2, 0) is 16.9 Å². The van der Waals surface area contributed by atoms with E-state index in [9.17, 15) is 17.7 Å². The molecular weight excluding hydrogens is 395 g/mol. The number of halogens is 3. The number of hydrogen-bond donors (Lipinski definition) is 2. The number of fused-ring (bicyclic) bond motifs is 1. The summed E-state index contributed by atoms with van der Waals surface area (Å²) < 4.78 is 54.2. The van der Waals surface area contributed by atoms with Gasteiger partial charge in [0.2, 0.25) is 0 Å². The van der Waals surface area contributed by atoms with Crippen molar-refractivity contribution < 1.29 is 27.6 Å². The number of para-hydroxylation sites is 2. The maximum atomic E-state index is 12.5. The summed E-state index contributed by atoms with van der Waals surface area (Å²) in [5, 5.41) is 7.86. The van der Waals surface area contributed by atoms with Gasteiger partial charge in [-0.05, 0) is 32.0 Å². The first-order valence-electron chi connectivity index (χ1n) is 8.33. The summed E-state index contributed by atoms with van der Waals surface area (Å²) in [6, 6.07) is 8.62. The highest BCUT2D eigenvalue weighted by Crippen LogP contribution is 2.25. The van der Waals surface area contributed by atoms with E-state index in [2.05, 4.69) is 15.0 Å². The maximum Gasteiger partial charge on any atom is 0.422 e. The predicted octanol–water partition coefficient (Wildman–Crippen LogP) is 3.51. The number of aromatic nitrogens is 3. The molecule has 0 aliphatic rings. The van der Waals surface area contributed by atoms with Gasteiger partial charge >= 0.3 is 11.3 Å². The van der Waals surface area contributed by atoms with Gasteiger partial charge in [0.1, 0.15) is 5.75 Å². The van der Waals surface area contributed by atoms with Crippen molar-refractivity contribution in [2.45, 2.75) is 30.9 Å². The van der Waals surface area contributed by atoms with Gasteiger partial charge in [0.15, 0.2) is 12.4 Å². The summed E-state index contributed by atoms with van der Waals surface area (Å²) >= 11 is -1.51. The number of hydrogen-bond acceptors (Lipinski definition) is 5. The first kappa shape index (κ1) is 22.0. The fourth-order valence-corrected chi connectivity index (χ4v) is 3.35. The van der Waals surface area contributed by atoms with Gasteiger partial charge in [-0.3, -0.25) is 9.97 Å². The van der Waals surface area contributed by atoms with Gasteiger partial charge in [-0.1, -0.05) is 12.1 Å². The van der Waals surface area contributed by atoms with Crippen molar-refractivity contribution in [3.8, 4) is 5.75 Å². The molecule has 0 fully saturated rings. The molecule has 0 radical (unpaired) electrons. The van der Waals surface area contributed by atoms with Crippen LogP contribution in [0, 0.1) is 6.92 Å². The van der Waals surface area contributed by atoms with Crippen molar-refractivity contribution >= 4 is 22.2 Å². The van der Waals surface area contributed by atoms with Gasteiger partial charge < -0.3 is 14.4 Å². The van der Waals surface area contributed by atoms with E-state index in [1.807, 2.05) is 18.2 Å². The fourth-order valence-electron chi connectivity index (χ4n) is 2.25. The van der Waals surface area contributed by atoms with Crippen LogP contribution in [0.5, 0.6) is 5.75 Å². The lowest BCUT2D eigenvalue weighted by Gasteiger charge is -2.14. The van der Waals surface area contributed by atoms with E-state index in [0.29, 0.717) is 21.9 Å². The number of nitrogens with zero attached hydrogens (tertiary/aromatic N) is 2. The van der Waals surface area contributed by atoms with Crippen LogP contribution in [-0.4, -0.2) is 44.0 Å². The minimum absolute atomic E-state index is 0.0227. The molecule has 0 aliphatic heterocycles. The number of ether oxygens (including phenoxy) is 1. The Morgan fingerprint density at radius 1 is 1.25 bits per heavy atom. The molecule has 0 saturated heterocycles. The monoisotopic (exact) mass is 415 g/mol. The molecule has 2 N–H and O–H groups in total. The Morgan fingerprint density at radius 2 is 1.93 bits per heavy atom. The van der Waals surface area contributed by atoms with Crippen molar-refractivity contribution in [2.24, 2.45) is 0 Å². The zero-order chi connectivity index (χ0) is 20.7. The molecule has 10 heteroatoms. The molecule has 1 unspecified atom stereocenters. The Balaban J connectivity index is 0.000000878. The van der Waals surface area contributed by atoms with E-state index in [4.69, 9.17) is 9.84 Å². The van der Waals surface area contributed by atoms with Crippen LogP contribution in [0.1, 0.15) is 18.2 Å². The largest absolute Gasteiger partial charge is 0.609 e. The number of aliphatic hydroxyl groups excluding tert-OH is 1. The van der Waals surface area contributed by atoms with Crippen molar-refractivity contribution in [2.75, 3.05) is 13.2 Å². The summed E-state index contributed by atoms with van der Waals surface area (Å²) in [5.41, 5.74) is 2.28. The van der Waals surface area contributed by atoms with Gasteiger partial charge in [0, 0.05) is 29.5 Å². The minimum atomic E-state index is -4.42. The molecule has 1 atom stereocenters. The lowest BCUT2D eigenvalue weighted by Crippen LogP contribution is -2.20. The molecular formula is C18H20F3N3O3S. The molecule has 0 amide bonds. The number of aliphatic hydroxyl groups is 1. The van der Waals surface area contributed by atoms with Crippen molar-refractivity contribution in [1.29, 1.82) is 0 Å². The van der Waals surface area contributed by atoms with Gasteiger partial charge in [-0.15, -0.1) is 0 Å². The summed E-state index contributed by atoms with van der Waals surface area (Å²) in [6.07, 6.45) is -3.09. The molecule has 3 aromatic rings. The molecule has 28 heavy (non-hydrogen) atoms. The number of H-pyrrole nitrogens is 1. The van der Waals surface area contributed by atoms with Crippen LogP contribution in [0.25, 0.3) is 11.0 Å². The third-order valence-corrected chi connectivity index (χ3v) is 4.66. The van der Waals surface area contributed by atoms with E-state index in [1.165, 1.54) is 12.3 Å². The van der Waals surface area contributed by atoms with Crippen molar-refractivity contribution in [3.05, 3.63) is 47.8 Å². The number of rotatable bonds is 5. The van der Waals surface area contributed by atoms with E-state index in [-0.39, 0.29) is 18.1 Å². The average molecular weight is 415 g/mol.